The molecule has 2 bridgehead atoms. The van der Waals surface area contributed by atoms with Gasteiger partial charge in [0.25, 0.3) is 0 Å². The molecular weight excluding hydrogens is 404 g/mol. The Kier molecular flexibility index (Phi) is 6.82. The van der Waals surface area contributed by atoms with E-state index in [-0.39, 0.29) is 35.5 Å². The number of benzene rings is 1. The lowest BCUT2D eigenvalue weighted by Crippen LogP contribution is -2.38. The Morgan fingerprint density at radius 2 is 1.88 bits per heavy atom. The van der Waals surface area contributed by atoms with Crippen molar-refractivity contribution in [3.05, 3.63) is 41.5 Å². The maximum atomic E-state index is 12.8. The van der Waals surface area contributed by atoms with Crippen molar-refractivity contribution in [1.29, 1.82) is 0 Å². The van der Waals surface area contributed by atoms with Crippen molar-refractivity contribution in [2.75, 3.05) is 33.3 Å². The van der Waals surface area contributed by atoms with Gasteiger partial charge in [-0.2, -0.15) is 0 Å². The van der Waals surface area contributed by atoms with E-state index in [1.807, 2.05) is 13.8 Å². The molecule has 2 N–H and O–H groups in total. The van der Waals surface area contributed by atoms with Gasteiger partial charge in [0, 0.05) is 26.2 Å². The van der Waals surface area contributed by atoms with Crippen molar-refractivity contribution < 1.29 is 14.3 Å². The second kappa shape index (κ2) is 9.76. The highest BCUT2D eigenvalue weighted by atomic mass is 16.5. The van der Waals surface area contributed by atoms with Crippen LogP contribution in [0.15, 0.2) is 35.3 Å². The number of rotatable bonds is 9. The van der Waals surface area contributed by atoms with Crippen LogP contribution in [0.4, 0.5) is 0 Å². The lowest BCUT2D eigenvalue weighted by Gasteiger charge is -2.17. The molecule has 32 heavy (non-hydrogen) atoms. The topological polar surface area (TPSA) is 83.0 Å². The molecule has 1 aliphatic heterocycles. The maximum Gasteiger partial charge on any atom is 0.233 e. The molecule has 4 atom stereocenters. The largest absolute Gasteiger partial charge is 0.496 e. The Bertz CT molecular complexity index is 896. The van der Waals surface area contributed by atoms with E-state index >= 15 is 0 Å². The zero-order valence-electron chi connectivity index (χ0n) is 19.3. The van der Waals surface area contributed by atoms with E-state index < -0.39 is 0 Å². The number of nitrogens with one attached hydrogen (secondary N) is 2. The minimum absolute atomic E-state index is 0.0272. The summed E-state index contributed by atoms with van der Waals surface area (Å²) in [4.78, 5) is 31.6. The molecule has 1 saturated heterocycles. The van der Waals surface area contributed by atoms with E-state index in [2.05, 4.69) is 46.0 Å². The molecule has 1 saturated carbocycles. The van der Waals surface area contributed by atoms with E-state index in [1.165, 1.54) is 10.5 Å². The predicted octanol–water partition coefficient (Wildman–Crippen LogP) is 2.30. The Labute approximate surface area is 190 Å². The number of carbonyl (C=O) groups excluding carboxylic acids is 2. The first-order valence-electron chi connectivity index (χ1n) is 11.7. The number of fused-ring (bicyclic) bond motifs is 5. The number of ether oxygens (including phenoxy) is 1. The van der Waals surface area contributed by atoms with Crippen LogP contribution in [0.25, 0.3) is 0 Å². The van der Waals surface area contributed by atoms with Gasteiger partial charge in [-0.25, -0.2) is 0 Å². The minimum atomic E-state index is -0.111. The van der Waals surface area contributed by atoms with Gasteiger partial charge in [-0.3, -0.25) is 19.5 Å². The highest BCUT2D eigenvalue weighted by molar-refractivity contribution is 6.06. The third kappa shape index (κ3) is 4.38. The lowest BCUT2D eigenvalue weighted by molar-refractivity contribution is -0.140. The number of allylic oxidation sites excluding steroid dienone is 2. The number of hydrogen-bond donors (Lipinski definition) is 2. The smallest absolute Gasteiger partial charge is 0.233 e. The van der Waals surface area contributed by atoms with Crippen LogP contribution in [0.1, 0.15) is 30.9 Å². The summed E-state index contributed by atoms with van der Waals surface area (Å²) in [6.45, 7) is 6.60. The number of carbonyl (C=O) groups is 2. The third-order valence-electron chi connectivity index (χ3n) is 6.89. The van der Waals surface area contributed by atoms with Gasteiger partial charge in [0.1, 0.15) is 5.75 Å². The van der Waals surface area contributed by atoms with Crippen molar-refractivity contribution in [2.24, 2.45) is 28.7 Å². The van der Waals surface area contributed by atoms with Crippen LogP contribution in [0, 0.1) is 30.6 Å². The molecule has 1 aromatic carbocycles. The van der Waals surface area contributed by atoms with Gasteiger partial charge in [-0.15, -0.1) is 0 Å². The van der Waals surface area contributed by atoms with Gasteiger partial charge in [0.05, 0.1) is 18.9 Å². The summed E-state index contributed by atoms with van der Waals surface area (Å²) in [5.74, 6) is 2.02. The number of guanidine groups is 1. The summed E-state index contributed by atoms with van der Waals surface area (Å²) in [7, 11) is 1.69. The average Bonchev–Trinajstić information content (AvgIpc) is 3.47. The average molecular weight is 439 g/mol. The zero-order valence-corrected chi connectivity index (χ0v) is 19.3. The monoisotopic (exact) mass is 438 g/mol. The van der Waals surface area contributed by atoms with Gasteiger partial charge >= 0.3 is 0 Å². The molecule has 7 nitrogen and oxygen atoms in total. The molecule has 3 aliphatic rings. The van der Waals surface area contributed by atoms with Gasteiger partial charge in [-0.1, -0.05) is 24.3 Å². The number of imide groups is 1. The molecule has 2 amide bonds. The van der Waals surface area contributed by atoms with Crippen LogP contribution in [0.3, 0.4) is 0 Å². The molecule has 2 fully saturated rings. The summed E-state index contributed by atoms with van der Waals surface area (Å²) in [5.41, 5.74) is 2.33. The Hall–Kier alpha value is -2.83. The summed E-state index contributed by atoms with van der Waals surface area (Å²) in [6, 6.07) is 6.26. The van der Waals surface area contributed by atoms with E-state index in [0.29, 0.717) is 19.5 Å². The van der Waals surface area contributed by atoms with Crippen molar-refractivity contribution >= 4 is 17.8 Å². The standard InChI is InChI=1S/C25H34N4O3/c1-4-26-25(28-12-10-17-7-6-16(2)20(14-17)32-3)27-11-5-13-29-23(30)21-18-8-9-19(15-18)22(21)24(29)31/h6-9,14,18-19,21-22H,4-5,10-13,15H2,1-3H3,(H2,26,27,28). The van der Waals surface area contributed by atoms with Crippen molar-refractivity contribution in [3.63, 3.8) is 0 Å². The van der Waals surface area contributed by atoms with Gasteiger partial charge in [0.2, 0.25) is 11.8 Å². The number of aryl methyl sites for hydroxylation is 1. The molecule has 2 aliphatic carbocycles. The Morgan fingerprint density at radius 3 is 2.53 bits per heavy atom. The lowest BCUT2D eigenvalue weighted by atomic mass is 9.85. The highest BCUT2D eigenvalue weighted by Crippen LogP contribution is 2.52. The molecular formula is C25H34N4O3. The van der Waals surface area contributed by atoms with Crippen LogP contribution >= 0.6 is 0 Å². The summed E-state index contributed by atoms with van der Waals surface area (Å²) in [5, 5.41) is 6.62. The highest BCUT2D eigenvalue weighted by Gasteiger charge is 2.58. The number of aliphatic imine (C=N–C) groups is 1. The molecule has 4 rings (SSSR count). The molecule has 0 radical (unpaired) electrons. The SMILES string of the molecule is CCNC(=NCCCN1C(=O)C2C3C=CC(C3)C2C1=O)NCCc1ccc(C)c(OC)c1. The van der Waals surface area contributed by atoms with Crippen molar-refractivity contribution in [2.45, 2.75) is 33.1 Å². The normalized spacial score (nSPS) is 26.1. The molecule has 1 aromatic rings. The fraction of sp³-hybridized carbons (Fsp3) is 0.560. The Balaban J connectivity index is 1.24. The van der Waals surface area contributed by atoms with E-state index in [0.717, 1.165) is 43.2 Å². The number of hydrogen-bond acceptors (Lipinski definition) is 4. The summed E-state index contributed by atoms with van der Waals surface area (Å²) >= 11 is 0. The van der Waals surface area contributed by atoms with Crippen LogP contribution in [-0.2, 0) is 16.0 Å². The molecule has 172 valence electrons. The second-order valence-electron chi connectivity index (χ2n) is 8.92. The van der Waals surface area contributed by atoms with Gasteiger partial charge < -0.3 is 15.4 Å². The second-order valence-corrected chi connectivity index (χ2v) is 8.92. The summed E-state index contributed by atoms with van der Waals surface area (Å²) in [6.07, 6.45) is 6.76. The van der Waals surface area contributed by atoms with E-state index in [9.17, 15) is 9.59 Å². The number of methoxy groups -OCH3 is 1. The van der Waals surface area contributed by atoms with Crippen LogP contribution in [-0.4, -0.2) is 56.0 Å². The van der Waals surface area contributed by atoms with Gasteiger partial charge in [-0.05, 0) is 62.1 Å². The first-order chi connectivity index (χ1) is 15.5. The fourth-order valence-corrected chi connectivity index (χ4v) is 5.29. The van der Waals surface area contributed by atoms with Crippen molar-refractivity contribution in [3.8, 4) is 5.75 Å². The van der Waals surface area contributed by atoms with Crippen molar-refractivity contribution in [1.82, 2.24) is 15.5 Å². The number of amides is 2. The number of nitrogens with zero attached hydrogens (tertiary/aromatic N) is 2. The molecule has 0 aromatic heterocycles. The number of likely N-dealkylation sites (tertiary alicyclic amines) is 1. The zero-order chi connectivity index (χ0) is 22.7. The first-order valence-corrected chi connectivity index (χ1v) is 11.7. The maximum absolute atomic E-state index is 12.8. The van der Waals surface area contributed by atoms with Crippen LogP contribution in [0.2, 0.25) is 0 Å². The first kappa shape index (κ1) is 22.4. The Morgan fingerprint density at radius 1 is 1.16 bits per heavy atom. The van der Waals surface area contributed by atoms with E-state index in [1.54, 1.807) is 7.11 Å². The summed E-state index contributed by atoms with van der Waals surface area (Å²) < 4.78 is 5.40. The van der Waals surface area contributed by atoms with Crippen LogP contribution < -0.4 is 15.4 Å². The molecule has 4 unspecified atom stereocenters. The van der Waals surface area contributed by atoms with Gasteiger partial charge in [0.15, 0.2) is 5.96 Å². The molecule has 0 spiro atoms. The van der Waals surface area contributed by atoms with E-state index in [4.69, 9.17) is 4.74 Å². The molecule has 1 heterocycles. The molecule has 7 heteroatoms. The minimum Gasteiger partial charge on any atom is -0.496 e. The fourth-order valence-electron chi connectivity index (χ4n) is 5.29. The third-order valence-corrected chi connectivity index (χ3v) is 6.89. The predicted molar refractivity (Wildman–Crippen MR) is 124 cm³/mol. The quantitative estimate of drug-likeness (QED) is 0.203. The van der Waals surface area contributed by atoms with Crippen LogP contribution in [0.5, 0.6) is 5.75 Å².